The quantitative estimate of drug-likeness (QED) is 0.666. The second kappa shape index (κ2) is 8.53. The molecule has 1 aromatic carbocycles. The van der Waals surface area contributed by atoms with E-state index in [2.05, 4.69) is 20.6 Å². The van der Waals surface area contributed by atoms with Crippen molar-refractivity contribution in [2.24, 2.45) is 0 Å². The van der Waals surface area contributed by atoms with Crippen molar-refractivity contribution in [1.82, 2.24) is 15.3 Å². The second-order valence-corrected chi connectivity index (χ2v) is 6.69. The first kappa shape index (κ1) is 18.0. The molecule has 0 saturated carbocycles. The van der Waals surface area contributed by atoms with Crippen LogP contribution in [0.3, 0.4) is 0 Å². The largest absolute Gasteiger partial charge is 0.355 e. The molecule has 134 valence electrons. The maximum Gasteiger partial charge on any atom is 0.226 e. The highest BCUT2D eigenvalue weighted by atomic mass is 32.1. The first-order valence-electron chi connectivity index (χ1n) is 8.25. The summed E-state index contributed by atoms with van der Waals surface area (Å²) in [7, 11) is 0. The predicted molar refractivity (Wildman–Crippen MR) is 101 cm³/mol. The zero-order chi connectivity index (χ0) is 18.4. The third-order valence-corrected chi connectivity index (χ3v) is 4.47. The number of anilines is 2. The molecule has 3 aromatic rings. The number of rotatable bonds is 7. The molecule has 0 saturated heterocycles. The Labute approximate surface area is 155 Å². The zero-order valence-electron chi connectivity index (χ0n) is 14.3. The fraction of sp³-hybridized carbons (Fsp3) is 0.211. The molecule has 0 aliphatic carbocycles. The molecule has 0 fully saturated rings. The van der Waals surface area contributed by atoms with E-state index in [-0.39, 0.29) is 18.1 Å². The molecule has 0 atom stereocenters. The van der Waals surface area contributed by atoms with Gasteiger partial charge in [-0.25, -0.2) is 14.4 Å². The number of halogens is 1. The van der Waals surface area contributed by atoms with Crippen LogP contribution in [0.15, 0.2) is 47.8 Å². The molecule has 0 bridgehead atoms. The highest BCUT2D eigenvalue weighted by molar-refractivity contribution is 7.13. The van der Waals surface area contributed by atoms with Gasteiger partial charge in [0.1, 0.15) is 11.6 Å². The Morgan fingerprint density at radius 3 is 2.73 bits per heavy atom. The first-order chi connectivity index (χ1) is 12.6. The summed E-state index contributed by atoms with van der Waals surface area (Å²) in [6.45, 7) is 2.43. The summed E-state index contributed by atoms with van der Waals surface area (Å²) in [6.07, 6.45) is 0.887. The molecule has 2 heterocycles. The fourth-order valence-electron chi connectivity index (χ4n) is 2.39. The van der Waals surface area contributed by atoms with Gasteiger partial charge in [-0.15, -0.1) is 11.3 Å². The third kappa shape index (κ3) is 5.35. The van der Waals surface area contributed by atoms with E-state index in [4.69, 9.17) is 0 Å². The number of benzene rings is 1. The topological polar surface area (TPSA) is 66.9 Å². The number of nitrogens with one attached hydrogen (secondary N) is 2. The van der Waals surface area contributed by atoms with Crippen LogP contribution in [0.25, 0.3) is 0 Å². The smallest absolute Gasteiger partial charge is 0.226 e. The van der Waals surface area contributed by atoms with E-state index >= 15 is 0 Å². The minimum atomic E-state index is -0.258. The van der Waals surface area contributed by atoms with Crippen molar-refractivity contribution < 1.29 is 9.18 Å². The van der Waals surface area contributed by atoms with Crippen molar-refractivity contribution in [3.8, 4) is 0 Å². The lowest BCUT2D eigenvalue weighted by molar-refractivity contribution is -0.120. The number of thiazole rings is 1. The van der Waals surface area contributed by atoms with E-state index in [1.807, 2.05) is 30.5 Å². The van der Waals surface area contributed by atoms with Crippen molar-refractivity contribution >= 4 is 28.2 Å². The van der Waals surface area contributed by atoms with Crippen molar-refractivity contribution in [2.75, 3.05) is 11.9 Å². The van der Waals surface area contributed by atoms with E-state index in [1.165, 1.54) is 23.5 Å². The van der Waals surface area contributed by atoms with Gasteiger partial charge >= 0.3 is 0 Å². The van der Waals surface area contributed by atoms with Crippen LogP contribution < -0.4 is 10.6 Å². The Balaban J connectivity index is 1.46. The first-order valence-corrected chi connectivity index (χ1v) is 9.13. The summed E-state index contributed by atoms with van der Waals surface area (Å²) in [5, 5.41) is 8.57. The van der Waals surface area contributed by atoms with Gasteiger partial charge in [0.05, 0.1) is 12.1 Å². The third-order valence-electron chi connectivity index (χ3n) is 3.67. The van der Waals surface area contributed by atoms with Crippen LogP contribution in [-0.4, -0.2) is 22.4 Å². The molecule has 0 spiro atoms. The normalized spacial score (nSPS) is 10.5. The summed E-state index contributed by atoms with van der Waals surface area (Å²) in [4.78, 5) is 20.8. The molecular formula is C19H19FN4OS. The number of hydrogen-bond donors (Lipinski definition) is 2. The summed E-state index contributed by atoms with van der Waals surface area (Å²) < 4.78 is 12.9. The minimum Gasteiger partial charge on any atom is -0.355 e. The standard InChI is InChI=1S/C19H19FN4OS/c1-13-3-2-4-17(22-13)24-19-23-16(12-26-19)11-18(25)21-10-9-14-5-7-15(20)8-6-14/h2-8,12H,9-11H2,1H3,(H,21,25)(H,22,23,24). The maximum atomic E-state index is 12.9. The van der Waals surface area contributed by atoms with Crippen molar-refractivity contribution in [3.05, 3.63) is 70.6 Å². The molecule has 7 heteroatoms. The molecule has 5 nitrogen and oxygen atoms in total. The summed E-state index contributed by atoms with van der Waals surface area (Å²) >= 11 is 1.44. The Bertz CT molecular complexity index is 879. The van der Waals surface area contributed by atoms with Crippen LogP contribution in [0, 0.1) is 12.7 Å². The van der Waals surface area contributed by atoms with Gasteiger partial charge in [-0.1, -0.05) is 18.2 Å². The average Bonchev–Trinajstić information content (AvgIpc) is 3.03. The molecule has 0 aliphatic rings. The second-order valence-electron chi connectivity index (χ2n) is 5.84. The summed E-state index contributed by atoms with van der Waals surface area (Å²) in [6, 6.07) is 12.0. The molecular weight excluding hydrogens is 351 g/mol. The highest BCUT2D eigenvalue weighted by Crippen LogP contribution is 2.20. The van der Waals surface area contributed by atoms with E-state index in [0.717, 1.165) is 17.1 Å². The van der Waals surface area contributed by atoms with Crippen LogP contribution >= 0.6 is 11.3 Å². The minimum absolute atomic E-state index is 0.0855. The Kier molecular flexibility index (Phi) is 5.91. The molecule has 1 amide bonds. The van der Waals surface area contributed by atoms with Gasteiger partial charge in [0, 0.05) is 17.6 Å². The number of hydrogen-bond acceptors (Lipinski definition) is 5. The lowest BCUT2D eigenvalue weighted by atomic mass is 10.1. The molecule has 26 heavy (non-hydrogen) atoms. The Morgan fingerprint density at radius 2 is 1.96 bits per heavy atom. The van der Waals surface area contributed by atoms with Gasteiger partial charge in [0.2, 0.25) is 5.91 Å². The van der Waals surface area contributed by atoms with Crippen molar-refractivity contribution in [3.63, 3.8) is 0 Å². The van der Waals surface area contributed by atoms with E-state index < -0.39 is 0 Å². The highest BCUT2D eigenvalue weighted by Gasteiger charge is 2.08. The summed E-state index contributed by atoms with van der Waals surface area (Å²) in [5.74, 6) is 0.388. The van der Waals surface area contributed by atoms with Crippen LogP contribution in [0.2, 0.25) is 0 Å². The summed E-state index contributed by atoms with van der Waals surface area (Å²) in [5.41, 5.74) is 2.62. The van der Waals surface area contributed by atoms with E-state index in [1.54, 1.807) is 12.1 Å². The molecule has 0 aliphatic heterocycles. The van der Waals surface area contributed by atoms with E-state index in [0.29, 0.717) is 23.8 Å². The monoisotopic (exact) mass is 370 g/mol. The van der Waals surface area contributed by atoms with Gasteiger partial charge in [-0.2, -0.15) is 0 Å². The average molecular weight is 370 g/mol. The van der Waals surface area contributed by atoms with E-state index in [9.17, 15) is 9.18 Å². The van der Waals surface area contributed by atoms with Gasteiger partial charge in [-0.3, -0.25) is 4.79 Å². The zero-order valence-corrected chi connectivity index (χ0v) is 15.1. The van der Waals surface area contributed by atoms with Crippen LogP contribution in [0.5, 0.6) is 0 Å². The van der Waals surface area contributed by atoms with Gasteiger partial charge in [0.25, 0.3) is 0 Å². The van der Waals surface area contributed by atoms with Gasteiger partial charge in [0.15, 0.2) is 5.13 Å². The number of aromatic nitrogens is 2. The number of aryl methyl sites for hydroxylation is 1. The number of pyridine rings is 1. The lowest BCUT2D eigenvalue weighted by Crippen LogP contribution is -2.27. The van der Waals surface area contributed by atoms with Crippen molar-refractivity contribution in [2.45, 2.75) is 19.8 Å². The number of nitrogens with zero attached hydrogens (tertiary/aromatic N) is 2. The SMILES string of the molecule is Cc1cccc(Nc2nc(CC(=O)NCCc3ccc(F)cc3)cs2)n1. The molecule has 0 radical (unpaired) electrons. The van der Waals surface area contributed by atoms with Crippen LogP contribution in [0.1, 0.15) is 17.0 Å². The number of amides is 1. The predicted octanol–water partition coefficient (Wildman–Crippen LogP) is 3.63. The molecule has 2 aromatic heterocycles. The van der Waals surface area contributed by atoms with Gasteiger partial charge in [-0.05, 0) is 43.2 Å². The fourth-order valence-corrected chi connectivity index (χ4v) is 3.11. The van der Waals surface area contributed by atoms with Crippen LogP contribution in [-0.2, 0) is 17.6 Å². The van der Waals surface area contributed by atoms with Crippen LogP contribution in [0.4, 0.5) is 15.3 Å². The van der Waals surface area contributed by atoms with Gasteiger partial charge < -0.3 is 10.6 Å². The molecule has 3 rings (SSSR count). The Morgan fingerprint density at radius 1 is 1.15 bits per heavy atom. The number of carbonyl (C=O) groups excluding carboxylic acids is 1. The Hall–Kier alpha value is -2.80. The molecule has 2 N–H and O–H groups in total. The molecule has 0 unspecified atom stereocenters. The lowest BCUT2D eigenvalue weighted by Gasteiger charge is -2.04. The maximum absolute atomic E-state index is 12.9. The number of carbonyl (C=O) groups is 1. The van der Waals surface area contributed by atoms with Crippen molar-refractivity contribution in [1.29, 1.82) is 0 Å².